The van der Waals surface area contributed by atoms with Crippen LogP contribution in [0, 0.1) is 0 Å². The zero-order valence-corrected chi connectivity index (χ0v) is 6.47. The molecule has 0 aromatic rings. The van der Waals surface area contributed by atoms with E-state index in [0.717, 1.165) is 0 Å². The van der Waals surface area contributed by atoms with Crippen molar-refractivity contribution < 1.29 is 12.4 Å². The van der Waals surface area contributed by atoms with Crippen LogP contribution in [0.2, 0.25) is 0 Å². The van der Waals surface area contributed by atoms with Crippen LogP contribution in [0.5, 0.6) is 0 Å². The van der Waals surface area contributed by atoms with Crippen LogP contribution in [0.15, 0.2) is 0 Å². The van der Waals surface area contributed by atoms with Crippen LogP contribution < -0.4 is 12.4 Å². The van der Waals surface area contributed by atoms with Crippen molar-refractivity contribution in [3.05, 3.63) is 0 Å². The summed E-state index contributed by atoms with van der Waals surface area (Å²) in [5, 5.41) is 0.667. The summed E-state index contributed by atoms with van der Waals surface area (Å²) in [6, 6.07) is 0. The average molecular weight is 133 g/mol. The van der Waals surface area contributed by atoms with Gasteiger partial charge in [-0.1, -0.05) is 12.8 Å². The van der Waals surface area contributed by atoms with Crippen LogP contribution in [0.1, 0.15) is 12.8 Å². The van der Waals surface area contributed by atoms with Crippen molar-refractivity contribution in [1.29, 1.82) is 0 Å². The smallest absolute Gasteiger partial charge is 1.00 e. The molecule has 0 unspecified atom stereocenters. The topological polar surface area (TPSA) is 0 Å². The van der Waals surface area contributed by atoms with Crippen molar-refractivity contribution in [2.45, 2.75) is 18.1 Å². The van der Waals surface area contributed by atoms with Crippen molar-refractivity contribution in [2.75, 3.05) is 0 Å². The minimum atomic E-state index is 0. The predicted octanol–water partition coefficient (Wildman–Crippen LogP) is -2.68. The summed E-state index contributed by atoms with van der Waals surface area (Å²) in [6.45, 7) is 0. The van der Waals surface area contributed by atoms with Gasteiger partial charge in [-0.05, 0) is 0 Å². The van der Waals surface area contributed by atoms with Gasteiger partial charge in [0.25, 0.3) is 0 Å². The molecule has 0 spiro atoms. The van der Waals surface area contributed by atoms with E-state index in [9.17, 15) is 0 Å². The fourth-order valence-corrected chi connectivity index (χ4v) is 0.204. The first-order chi connectivity index (χ1) is 1.89. The molecule has 0 aromatic carbocycles. The molecular weight excluding hydrogens is 128 g/mol. The van der Waals surface area contributed by atoms with Gasteiger partial charge in [0.05, 0.1) is 0 Å². The van der Waals surface area contributed by atoms with E-state index < -0.39 is 0 Å². The van der Waals surface area contributed by atoms with Crippen LogP contribution in [0.25, 0.3) is 0 Å². The summed E-state index contributed by atoms with van der Waals surface area (Å²) in [6.07, 6.45) is 2.60. The summed E-state index contributed by atoms with van der Waals surface area (Å²) in [4.78, 5) is 0. The molecule has 1 rings (SSSR count). The Bertz CT molecular complexity index is 30.0. The van der Waals surface area contributed by atoms with Gasteiger partial charge in [0, 0.05) is 0 Å². The number of rotatable bonds is 0. The third-order valence-corrected chi connectivity index (χ3v) is 0.996. The quantitative estimate of drug-likeness (QED) is 0.256. The molecular formula is C3H5ClMgS. The maximum atomic E-state index is 4.73. The summed E-state index contributed by atoms with van der Waals surface area (Å²) in [7, 11) is 0. The minimum absolute atomic E-state index is 0. The van der Waals surface area contributed by atoms with Crippen molar-refractivity contribution in [3.63, 3.8) is 0 Å². The van der Waals surface area contributed by atoms with Crippen molar-refractivity contribution in [3.8, 4) is 0 Å². The zero-order valence-electron chi connectivity index (χ0n) is 3.48. The first-order valence-corrected chi connectivity index (χ1v) is 2.02. The molecule has 0 saturated heterocycles. The van der Waals surface area contributed by atoms with Crippen molar-refractivity contribution in [1.82, 2.24) is 0 Å². The molecule has 6 heavy (non-hydrogen) atoms. The van der Waals surface area contributed by atoms with Gasteiger partial charge in [-0.3, -0.25) is 0 Å². The second-order valence-electron chi connectivity index (χ2n) is 1.20. The molecule has 0 heterocycles. The molecule has 3 heteroatoms. The normalized spacial score (nSPS) is 17.5. The summed E-state index contributed by atoms with van der Waals surface area (Å²) < 4.78 is 0. The van der Waals surface area contributed by atoms with E-state index in [1.165, 1.54) is 12.8 Å². The second kappa shape index (κ2) is 4.56. The van der Waals surface area contributed by atoms with Gasteiger partial charge in [-0.25, -0.2) is 0 Å². The molecule has 1 aliphatic rings. The van der Waals surface area contributed by atoms with E-state index in [0.29, 0.717) is 5.25 Å². The van der Waals surface area contributed by atoms with Crippen molar-refractivity contribution >= 4 is 35.7 Å². The van der Waals surface area contributed by atoms with Crippen molar-refractivity contribution in [2.24, 2.45) is 0 Å². The number of hydrogen-bond acceptors (Lipinski definition) is 1. The molecule has 0 radical (unpaired) electrons. The van der Waals surface area contributed by atoms with Gasteiger partial charge in [0.1, 0.15) is 0 Å². The molecule has 32 valence electrons. The van der Waals surface area contributed by atoms with Gasteiger partial charge in [0.2, 0.25) is 0 Å². The third kappa shape index (κ3) is 5.41. The molecule has 1 saturated carbocycles. The minimum Gasteiger partial charge on any atom is -1.00 e. The Hall–Kier alpha value is 1.41. The van der Waals surface area contributed by atoms with Crippen LogP contribution in [0.3, 0.4) is 0 Å². The Morgan fingerprint density at radius 2 is 1.50 bits per heavy atom. The molecule has 1 fully saturated rings. The SMILES string of the molecule is [Cl-].[Mg+2].[S-]C1CC1. The van der Waals surface area contributed by atoms with Gasteiger partial charge in [0.15, 0.2) is 0 Å². The van der Waals surface area contributed by atoms with Crippen LogP contribution >= 0.6 is 0 Å². The maximum Gasteiger partial charge on any atom is 2.00 e. The molecule has 0 N–H and O–H groups in total. The first kappa shape index (κ1) is 10.4. The van der Waals surface area contributed by atoms with E-state index in [1.54, 1.807) is 0 Å². The molecule has 0 atom stereocenters. The Morgan fingerprint density at radius 3 is 1.50 bits per heavy atom. The predicted molar refractivity (Wildman–Crippen MR) is 26.1 cm³/mol. The van der Waals surface area contributed by atoms with Gasteiger partial charge in [-0.15, -0.1) is 0 Å². The number of halogens is 1. The molecule has 1 aliphatic carbocycles. The standard InChI is InChI=1S/C3H6S.ClH.Mg/c4-3-1-2-3;;/h3-4H,1-2H2;1H;/q;;+2/p-2. The van der Waals surface area contributed by atoms with Gasteiger partial charge in [-0.2, -0.15) is 5.25 Å². The average Bonchev–Trinajstić information content (AvgIpc) is 1.75. The molecule has 0 bridgehead atoms. The van der Waals surface area contributed by atoms with Gasteiger partial charge >= 0.3 is 23.1 Å². The van der Waals surface area contributed by atoms with Crippen LogP contribution in [-0.2, 0) is 12.6 Å². The molecule has 0 nitrogen and oxygen atoms in total. The Balaban J connectivity index is 0. The monoisotopic (exact) mass is 132 g/mol. The molecule has 0 aromatic heterocycles. The summed E-state index contributed by atoms with van der Waals surface area (Å²) in [5.41, 5.74) is 0. The molecule has 0 aliphatic heterocycles. The van der Waals surface area contributed by atoms with E-state index in [1.807, 2.05) is 0 Å². The van der Waals surface area contributed by atoms with E-state index in [4.69, 9.17) is 12.6 Å². The second-order valence-corrected chi connectivity index (χ2v) is 1.87. The third-order valence-electron chi connectivity index (χ3n) is 0.524. The Morgan fingerprint density at radius 1 is 1.33 bits per heavy atom. The Labute approximate surface area is 66.0 Å². The van der Waals surface area contributed by atoms with E-state index >= 15 is 0 Å². The fraction of sp³-hybridized carbons (Fsp3) is 1.00. The first-order valence-electron chi connectivity index (χ1n) is 1.55. The summed E-state index contributed by atoms with van der Waals surface area (Å²) in [5.74, 6) is 0. The molecule has 0 amide bonds. The van der Waals surface area contributed by atoms with E-state index in [-0.39, 0.29) is 35.5 Å². The van der Waals surface area contributed by atoms with Crippen LogP contribution in [-0.4, -0.2) is 28.3 Å². The Kier molecular flexibility index (Phi) is 7.91. The summed E-state index contributed by atoms with van der Waals surface area (Å²) >= 11 is 4.73. The number of hydrogen-bond donors (Lipinski definition) is 0. The largest absolute Gasteiger partial charge is 2.00 e. The zero-order chi connectivity index (χ0) is 2.99. The van der Waals surface area contributed by atoms with Crippen LogP contribution in [0.4, 0.5) is 0 Å². The van der Waals surface area contributed by atoms with E-state index in [2.05, 4.69) is 0 Å². The fourth-order valence-electron chi connectivity index (χ4n) is 0.0680. The maximum absolute atomic E-state index is 4.73. The van der Waals surface area contributed by atoms with Gasteiger partial charge < -0.3 is 25.0 Å².